The highest BCUT2D eigenvalue weighted by Crippen LogP contribution is 2.08. The Labute approximate surface area is 161 Å². The lowest BCUT2D eigenvalue weighted by atomic mass is 10.1. The van der Waals surface area contributed by atoms with Crippen molar-refractivity contribution in [2.45, 2.75) is 32.6 Å². The van der Waals surface area contributed by atoms with Crippen molar-refractivity contribution in [2.75, 3.05) is 39.8 Å². The van der Waals surface area contributed by atoms with Gasteiger partial charge in [-0.25, -0.2) is 4.99 Å². The summed E-state index contributed by atoms with van der Waals surface area (Å²) < 4.78 is 0. The van der Waals surface area contributed by atoms with Crippen LogP contribution in [-0.2, 0) is 11.2 Å². The van der Waals surface area contributed by atoms with Crippen LogP contribution in [0.4, 0.5) is 0 Å². The van der Waals surface area contributed by atoms with Gasteiger partial charge >= 0.3 is 0 Å². The molecule has 1 aromatic carbocycles. The molecule has 0 aliphatic carbocycles. The second-order valence-electron chi connectivity index (χ2n) is 6.59. The van der Waals surface area contributed by atoms with Crippen LogP contribution >= 0.6 is 0 Å². The molecular formula is C20H31N5O2. The fourth-order valence-electron chi connectivity index (χ4n) is 3.07. The number of guanidine groups is 1. The first-order valence-electron chi connectivity index (χ1n) is 9.75. The van der Waals surface area contributed by atoms with E-state index in [2.05, 4.69) is 20.9 Å². The molecule has 1 heterocycles. The number of likely N-dealkylation sites (tertiary alicyclic amines) is 1. The highest BCUT2D eigenvalue weighted by atomic mass is 16.2. The van der Waals surface area contributed by atoms with Gasteiger partial charge in [0.25, 0.3) is 5.91 Å². The molecule has 0 aromatic heterocycles. The molecule has 27 heavy (non-hydrogen) atoms. The van der Waals surface area contributed by atoms with Gasteiger partial charge in [-0.2, -0.15) is 0 Å². The summed E-state index contributed by atoms with van der Waals surface area (Å²) in [6.07, 6.45) is 4.14. The number of hydrogen-bond acceptors (Lipinski definition) is 3. The van der Waals surface area contributed by atoms with Gasteiger partial charge in [-0.05, 0) is 50.3 Å². The second-order valence-corrected chi connectivity index (χ2v) is 6.59. The number of amides is 2. The second kappa shape index (κ2) is 11.2. The van der Waals surface area contributed by atoms with Crippen molar-refractivity contribution in [1.82, 2.24) is 20.9 Å². The third-order valence-electron chi connectivity index (χ3n) is 4.55. The molecule has 7 heteroatoms. The molecule has 1 aliphatic rings. The smallest absolute Gasteiger partial charge is 0.251 e. The third-order valence-corrected chi connectivity index (χ3v) is 4.55. The maximum atomic E-state index is 12.3. The molecule has 1 aliphatic heterocycles. The predicted molar refractivity (Wildman–Crippen MR) is 108 cm³/mol. The number of carbonyl (C=O) groups is 2. The van der Waals surface area contributed by atoms with E-state index in [1.54, 1.807) is 13.1 Å². The number of hydrogen-bond donors (Lipinski definition) is 3. The number of nitrogens with one attached hydrogen (secondary N) is 3. The minimum Gasteiger partial charge on any atom is -0.357 e. The molecule has 1 saturated heterocycles. The van der Waals surface area contributed by atoms with Crippen LogP contribution in [-0.4, -0.2) is 62.4 Å². The van der Waals surface area contributed by atoms with E-state index in [0.29, 0.717) is 18.1 Å². The molecule has 0 spiro atoms. The van der Waals surface area contributed by atoms with Gasteiger partial charge < -0.3 is 20.9 Å². The molecule has 1 fully saturated rings. The Morgan fingerprint density at radius 3 is 2.63 bits per heavy atom. The molecule has 3 N–H and O–H groups in total. The van der Waals surface area contributed by atoms with Gasteiger partial charge in [0, 0.05) is 38.8 Å². The Morgan fingerprint density at radius 2 is 1.93 bits per heavy atom. The van der Waals surface area contributed by atoms with E-state index in [1.165, 1.54) is 6.42 Å². The van der Waals surface area contributed by atoms with Crippen LogP contribution in [0, 0.1) is 0 Å². The van der Waals surface area contributed by atoms with Crippen LogP contribution in [0.25, 0.3) is 0 Å². The van der Waals surface area contributed by atoms with Gasteiger partial charge in [0.2, 0.25) is 5.91 Å². The molecule has 1 aromatic rings. The highest BCUT2D eigenvalue weighted by molar-refractivity contribution is 5.94. The number of carbonyl (C=O) groups excluding carboxylic acids is 2. The number of nitrogens with zero attached hydrogens (tertiary/aromatic N) is 2. The summed E-state index contributed by atoms with van der Waals surface area (Å²) in [6.45, 7) is 5.26. The van der Waals surface area contributed by atoms with Gasteiger partial charge in [0.15, 0.2) is 5.96 Å². The maximum absolute atomic E-state index is 12.3. The average Bonchev–Trinajstić information content (AvgIpc) is 2.72. The fourth-order valence-corrected chi connectivity index (χ4v) is 3.07. The molecular weight excluding hydrogens is 342 g/mol. The third kappa shape index (κ3) is 6.92. The van der Waals surface area contributed by atoms with E-state index in [0.717, 1.165) is 44.5 Å². The molecule has 2 rings (SSSR count). The SMILES string of the molecule is CCNC(=NCC(=O)N1CCCCC1)NCCc1cccc(C(=O)NC)c1. The van der Waals surface area contributed by atoms with Crippen LogP contribution < -0.4 is 16.0 Å². The monoisotopic (exact) mass is 373 g/mol. The molecule has 2 amide bonds. The van der Waals surface area contributed by atoms with Crippen LogP contribution in [0.1, 0.15) is 42.1 Å². The molecule has 0 atom stereocenters. The predicted octanol–water partition coefficient (Wildman–Crippen LogP) is 1.16. The van der Waals surface area contributed by atoms with Crippen LogP contribution in [0.3, 0.4) is 0 Å². The number of aliphatic imine (C=N–C) groups is 1. The summed E-state index contributed by atoms with van der Waals surface area (Å²) in [6, 6.07) is 7.58. The Morgan fingerprint density at radius 1 is 1.15 bits per heavy atom. The first kappa shape index (κ1) is 20.7. The normalized spacial score (nSPS) is 14.6. The Bertz CT molecular complexity index is 654. The molecule has 0 unspecified atom stereocenters. The lowest BCUT2D eigenvalue weighted by molar-refractivity contribution is -0.130. The van der Waals surface area contributed by atoms with Crippen LogP contribution in [0.15, 0.2) is 29.3 Å². The summed E-state index contributed by atoms with van der Waals surface area (Å²) in [5, 5.41) is 9.06. The lowest BCUT2D eigenvalue weighted by Crippen LogP contribution is -2.41. The summed E-state index contributed by atoms with van der Waals surface area (Å²) in [5.74, 6) is 0.645. The Balaban J connectivity index is 1.84. The van der Waals surface area contributed by atoms with E-state index in [9.17, 15) is 9.59 Å². The van der Waals surface area contributed by atoms with Crippen molar-refractivity contribution in [3.8, 4) is 0 Å². The average molecular weight is 374 g/mol. The van der Waals surface area contributed by atoms with E-state index >= 15 is 0 Å². The molecule has 0 radical (unpaired) electrons. The number of rotatable bonds is 7. The lowest BCUT2D eigenvalue weighted by Gasteiger charge is -2.26. The minimum atomic E-state index is -0.0871. The van der Waals surface area contributed by atoms with Crippen molar-refractivity contribution in [1.29, 1.82) is 0 Å². The number of benzene rings is 1. The summed E-state index contributed by atoms with van der Waals surface area (Å²) in [5.41, 5.74) is 1.73. The largest absolute Gasteiger partial charge is 0.357 e. The molecule has 148 valence electrons. The topological polar surface area (TPSA) is 85.8 Å². The Hall–Kier alpha value is -2.57. The van der Waals surface area contributed by atoms with Gasteiger partial charge in [-0.1, -0.05) is 12.1 Å². The first-order valence-corrected chi connectivity index (χ1v) is 9.75. The summed E-state index contributed by atoms with van der Waals surface area (Å²) in [7, 11) is 1.63. The minimum absolute atomic E-state index is 0.0871. The first-order chi connectivity index (χ1) is 13.1. The standard InChI is InChI=1S/C20H31N5O2/c1-3-22-20(24-15-18(26)25-12-5-4-6-13-25)23-11-10-16-8-7-9-17(14-16)19(27)21-2/h7-9,14H,3-6,10-13,15H2,1-2H3,(H,21,27)(H2,22,23,24). The maximum Gasteiger partial charge on any atom is 0.251 e. The van der Waals surface area contributed by atoms with Gasteiger partial charge in [-0.3, -0.25) is 9.59 Å². The zero-order valence-electron chi connectivity index (χ0n) is 16.4. The highest BCUT2D eigenvalue weighted by Gasteiger charge is 2.15. The van der Waals surface area contributed by atoms with E-state index < -0.39 is 0 Å². The van der Waals surface area contributed by atoms with Crippen molar-refractivity contribution < 1.29 is 9.59 Å². The zero-order chi connectivity index (χ0) is 19.5. The van der Waals surface area contributed by atoms with Gasteiger partial charge in [0.05, 0.1) is 0 Å². The summed E-state index contributed by atoms with van der Waals surface area (Å²) in [4.78, 5) is 30.3. The van der Waals surface area contributed by atoms with E-state index in [4.69, 9.17) is 0 Å². The van der Waals surface area contributed by atoms with Gasteiger partial charge in [0.1, 0.15) is 6.54 Å². The fraction of sp³-hybridized carbons (Fsp3) is 0.550. The van der Waals surface area contributed by atoms with Crippen LogP contribution in [0.2, 0.25) is 0 Å². The molecule has 0 bridgehead atoms. The van der Waals surface area contributed by atoms with Gasteiger partial charge in [-0.15, -0.1) is 0 Å². The van der Waals surface area contributed by atoms with Crippen molar-refractivity contribution in [3.63, 3.8) is 0 Å². The molecule has 7 nitrogen and oxygen atoms in total. The quantitative estimate of drug-likeness (QED) is 0.494. The van der Waals surface area contributed by atoms with Crippen LogP contribution in [0.5, 0.6) is 0 Å². The van der Waals surface area contributed by atoms with Crippen molar-refractivity contribution in [2.24, 2.45) is 4.99 Å². The molecule has 0 saturated carbocycles. The van der Waals surface area contributed by atoms with Crippen molar-refractivity contribution in [3.05, 3.63) is 35.4 Å². The van der Waals surface area contributed by atoms with E-state index in [-0.39, 0.29) is 18.4 Å². The number of piperidine rings is 1. The van der Waals surface area contributed by atoms with E-state index in [1.807, 2.05) is 30.0 Å². The zero-order valence-corrected chi connectivity index (χ0v) is 16.4. The van der Waals surface area contributed by atoms with Crippen molar-refractivity contribution >= 4 is 17.8 Å². The Kier molecular flexibility index (Phi) is 8.61. The summed E-state index contributed by atoms with van der Waals surface area (Å²) >= 11 is 0.